The zero-order valence-corrected chi connectivity index (χ0v) is 40.7. The zero-order chi connectivity index (χ0) is 46.6. The molecule has 0 unspecified atom stereocenters. The lowest BCUT2D eigenvalue weighted by molar-refractivity contribution is -0.152. The molecular weight excluding hydrogens is 887 g/mol. The van der Waals surface area contributed by atoms with Crippen LogP contribution < -0.4 is 26.4 Å². The monoisotopic (exact) mass is 959 g/mol. The Labute approximate surface area is 404 Å². The number of aromatic hydroxyl groups is 1. The molecule has 11 rings (SSSR count). The first kappa shape index (κ1) is 47.7. The molecule has 2 saturated carbocycles. The molecule has 10 aliphatic rings. The van der Waals surface area contributed by atoms with Crippen LogP contribution in [0.2, 0.25) is 0 Å². The fraction of sp³-hybridized carbons (Fsp3) is 0.731. The fourth-order valence-electron chi connectivity index (χ4n) is 14.7. The second-order valence-corrected chi connectivity index (χ2v) is 24.8. The van der Waals surface area contributed by atoms with Crippen molar-refractivity contribution in [3.63, 3.8) is 0 Å². The standard InChI is InChI=1S/C52H73N5O8S2/c1-31(58)64-42-23-36(59)14-19-51-18-13-33-5-3-17-52(27-37(15-20-55-52)65-43-22-34(21-39(33)42)40(47(62)63)24-41(43)60)45-12-11-38(28-54-45)67-66-30-50(57-48(53)56-44(51)7-2-8-46(51)61)26-32-9-10-35-6-4-16-49(35,25-32)29-50/h2,7,9-10,22,24,32-33,35-39,42,44-47,54-55,59-63H,3-6,8,11-12,14-17,19-21,23,25-30H2,1H3,(H3,53,56,57)/t32-,33-,35-,36+,37-,38+,39-,42+,44-,45-,46+,49+,50+,51-,52+/m1/s1. The Kier molecular flexibility index (Phi) is 13.8. The molecule has 0 aromatic heterocycles. The van der Waals surface area contributed by atoms with Crippen LogP contribution in [0.3, 0.4) is 0 Å². The highest BCUT2D eigenvalue weighted by Gasteiger charge is 2.55. The van der Waals surface area contributed by atoms with Gasteiger partial charge < -0.3 is 56.7 Å². The Morgan fingerprint density at radius 2 is 1.90 bits per heavy atom. The Morgan fingerprint density at radius 1 is 1.03 bits per heavy atom. The van der Waals surface area contributed by atoms with E-state index in [1.54, 1.807) is 6.07 Å². The van der Waals surface area contributed by atoms with E-state index in [4.69, 9.17) is 20.2 Å². The Hall–Kier alpha value is -2.94. The van der Waals surface area contributed by atoms with Gasteiger partial charge in [-0.15, -0.1) is 0 Å². The molecular formula is C52H73N5O8S2. The number of carbonyl (C=O) groups is 1. The summed E-state index contributed by atoms with van der Waals surface area (Å²) in [6.07, 6.45) is 18.3. The number of fused-ring (bicyclic) bond motifs is 9. The van der Waals surface area contributed by atoms with Crippen LogP contribution in [-0.4, -0.2) is 109 Å². The number of hydrogen-bond acceptors (Lipinski definition) is 15. The van der Waals surface area contributed by atoms with Crippen molar-refractivity contribution in [1.29, 1.82) is 0 Å². The number of rotatable bonds is 2. The van der Waals surface area contributed by atoms with Gasteiger partial charge in [0, 0.05) is 66.3 Å². The molecule has 2 saturated heterocycles. The average Bonchev–Trinajstić information content (AvgIpc) is 3.68. The van der Waals surface area contributed by atoms with E-state index in [0.717, 1.165) is 63.8 Å². The SMILES string of the molecule is CC(=O)O[C@H]1C[C@@H](O)CC[C@]23C#C[C@H]4CCC[C@]5(C[C@@H](CCN5)Oc5cc(c(C(O)O)cc5O)C[C@@H]14)[C@H]1CC[C@@H](CN1)SSC[C@@]1(C[C@@H]4C=C[C@H]5CCC[C@]5(C4)C1)NC(N)=N[C@@H]2C=CC[C@@H]3O. The van der Waals surface area contributed by atoms with Gasteiger partial charge in [0.1, 0.15) is 12.2 Å². The maximum Gasteiger partial charge on any atom is 0.302 e. The van der Waals surface area contributed by atoms with Crippen molar-refractivity contribution in [2.75, 3.05) is 18.8 Å². The molecule has 5 heterocycles. The van der Waals surface area contributed by atoms with Crippen molar-refractivity contribution in [3.05, 3.63) is 47.6 Å². The maximum atomic E-state index is 13.0. The number of allylic oxidation sites excluding steroid dienone is 2. The van der Waals surface area contributed by atoms with E-state index in [0.29, 0.717) is 54.3 Å². The van der Waals surface area contributed by atoms with Gasteiger partial charge in [-0.3, -0.25) is 4.79 Å². The molecule has 4 fully saturated rings. The van der Waals surface area contributed by atoms with E-state index in [1.165, 1.54) is 38.7 Å². The molecule has 5 aliphatic carbocycles. The minimum atomic E-state index is -1.90. The van der Waals surface area contributed by atoms with Crippen LogP contribution in [0.25, 0.3) is 0 Å². The molecule has 4 spiro atoms. The molecule has 0 radical (unpaired) electrons. The van der Waals surface area contributed by atoms with Gasteiger partial charge in [-0.1, -0.05) is 70.6 Å². The highest BCUT2D eigenvalue weighted by atomic mass is 33.1. The number of phenolic OH excluding ortho intramolecular Hbond substituents is 1. The number of aliphatic hydroxyl groups is 4. The number of phenols is 1. The molecule has 67 heavy (non-hydrogen) atoms. The van der Waals surface area contributed by atoms with Crippen molar-refractivity contribution in [2.45, 2.75) is 182 Å². The number of piperidine rings is 2. The number of nitrogens with two attached hydrogens (primary N) is 1. The van der Waals surface area contributed by atoms with Crippen molar-refractivity contribution in [3.8, 4) is 23.3 Å². The quantitative estimate of drug-likeness (QED) is 0.0575. The van der Waals surface area contributed by atoms with E-state index in [9.17, 15) is 30.3 Å². The van der Waals surface area contributed by atoms with Crippen molar-refractivity contribution < 1.29 is 39.8 Å². The van der Waals surface area contributed by atoms with E-state index in [1.807, 2.05) is 33.7 Å². The smallest absolute Gasteiger partial charge is 0.302 e. The molecule has 1 aromatic rings. The number of benzene rings is 1. The summed E-state index contributed by atoms with van der Waals surface area (Å²) in [6.45, 7) is 3.00. The highest BCUT2D eigenvalue weighted by molar-refractivity contribution is 8.77. The molecule has 15 heteroatoms. The molecule has 10 N–H and O–H groups in total. The molecule has 15 atom stereocenters. The first-order chi connectivity index (χ1) is 32.2. The molecule has 0 amide bonds. The second kappa shape index (κ2) is 19.3. The third-order valence-corrected chi connectivity index (χ3v) is 20.8. The molecule has 10 bridgehead atoms. The largest absolute Gasteiger partial charge is 0.504 e. The number of aliphatic imine (C=N–C) groups is 1. The van der Waals surface area contributed by atoms with Crippen LogP contribution in [0, 0.1) is 46.3 Å². The maximum absolute atomic E-state index is 13.0. The zero-order valence-electron chi connectivity index (χ0n) is 39.0. The number of ether oxygens (including phenoxy) is 2. The third kappa shape index (κ3) is 9.65. The van der Waals surface area contributed by atoms with Gasteiger partial charge in [0.2, 0.25) is 0 Å². The van der Waals surface area contributed by atoms with Gasteiger partial charge in [-0.05, 0) is 131 Å². The van der Waals surface area contributed by atoms with Crippen LogP contribution in [-0.2, 0) is 16.0 Å². The summed E-state index contributed by atoms with van der Waals surface area (Å²) in [5, 5.41) is 69.7. The first-order valence-electron chi connectivity index (χ1n) is 25.4. The minimum Gasteiger partial charge on any atom is -0.504 e. The Balaban J connectivity index is 1.12. The predicted molar refractivity (Wildman–Crippen MR) is 262 cm³/mol. The van der Waals surface area contributed by atoms with E-state index < -0.39 is 53.9 Å². The minimum absolute atomic E-state index is 0.123. The summed E-state index contributed by atoms with van der Waals surface area (Å²) in [7, 11) is 3.98. The van der Waals surface area contributed by atoms with E-state index in [-0.39, 0.29) is 65.0 Å². The number of hydrogen-bond donors (Lipinski definition) is 9. The summed E-state index contributed by atoms with van der Waals surface area (Å²) in [5.41, 5.74) is 6.38. The average molecular weight is 960 g/mol. The number of guanidine groups is 1. The van der Waals surface area contributed by atoms with Gasteiger partial charge >= 0.3 is 5.97 Å². The molecule has 13 nitrogen and oxygen atoms in total. The molecule has 366 valence electrons. The fourth-order valence-corrected chi connectivity index (χ4v) is 17.8. The van der Waals surface area contributed by atoms with Crippen LogP contribution in [0.4, 0.5) is 0 Å². The lowest BCUT2D eigenvalue weighted by Gasteiger charge is -2.54. The summed E-state index contributed by atoms with van der Waals surface area (Å²) < 4.78 is 12.9. The summed E-state index contributed by atoms with van der Waals surface area (Å²) in [5.74, 6) is 8.42. The number of nitrogens with one attached hydrogen (secondary N) is 3. The van der Waals surface area contributed by atoms with Crippen LogP contribution in [0.15, 0.2) is 41.4 Å². The van der Waals surface area contributed by atoms with Crippen molar-refractivity contribution >= 4 is 33.5 Å². The van der Waals surface area contributed by atoms with Crippen LogP contribution in [0.5, 0.6) is 11.5 Å². The first-order valence-corrected chi connectivity index (χ1v) is 27.8. The number of carbonyl (C=O) groups excluding carboxylic acids is 1. The summed E-state index contributed by atoms with van der Waals surface area (Å²) in [4.78, 5) is 18.3. The summed E-state index contributed by atoms with van der Waals surface area (Å²) >= 11 is 0. The Morgan fingerprint density at radius 3 is 2.72 bits per heavy atom. The van der Waals surface area contributed by atoms with Gasteiger partial charge in [0.15, 0.2) is 23.7 Å². The predicted octanol–water partition coefficient (Wildman–Crippen LogP) is 5.67. The van der Waals surface area contributed by atoms with Crippen molar-refractivity contribution in [1.82, 2.24) is 16.0 Å². The van der Waals surface area contributed by atoms with Gasteiger partial charge in [-0.2, -0.15) is 0 Å². The topological polar surface area (TPSA) is 211 Å². The number of aliphatic hydroxyl groups excluding tert-OH is 3. The summed E-state index contributed by atoms with van der Waals surface area (Å²) in [6, 6.07) is 2.65. The molecule has 5 aliphatic heterocycles. The lowest BCUT2D eigenvalue weighted by atomic mass is 9.56. The van der Waals surface area contributed by atoms with E-state index >= 15 is 0 Å². The highest BCUT2D eigenvalue weighted by Crippen LogP contribution is 2.60. The van der Waals surface area contributed by atoms with Crippen LogP contribution in [0.1, 0.15) is 133 Å². The second-order valence-electron chi connectivity index (χ2n) is 22.1. The van der Waals surface area contributed by atoms with Crippen molar-refractivity contribution in [2.24, 2.45) is 45.2 Å². The Bertz CT molecular complexity index is 2160. The van der Waals surface area contributed by atoms with E-state index in [2.05, 4.69) is 39.9 Å². The van der Waals surface area contributed by atoms with Gasteiger partial charge in [-0.25, -0.2) is 4.99 Å². The number of nitrogens with zero attached hydrogens (tertiary/aromatic N) is 1. The third-order valence-electron chi connectivity index (χ3n) is 17.8. The van der Waals surface area contributed by atoms with Gasteiger partial charge in [0.05, 0.1) is 29.2 Å². The van der Waals surface area contributed by atoms with Gasteiger partial charge in [0.25, 0.3) is 0 Å². The normalized spacial score (nSPS) is 43.0. The number of esters is 1. The lowest BCUT2D eigenvalue weighted by Crippen LogP contribution is -2.66. The molecule has 1 aromatic carbocycles. The van der Waals surface area contributed by atoms with Crippen LogP contribution >= 0.6 is 21.6 Å².